The van der Waals surface area contributed by atoms with Gasteiger partial charge in [-0.15, -0.1) is 0 Å². The van der Waals surface area contributed by atoms with Gasteiger partial charge in [-0.05, 0) is 42.7 Å². The number of carbonyl (C=O) groups is 2. The van der Waals surface area contributed by atoms with E-state index in [4.69, 9.17) is 0 Å². The molecule has 146 valence electrons. The molecule has 0 aliphatic heterocycles. The zero-order valence-electron chi connectivity index (χ0n) is 16.4. The molecule has 0 aliphatic carbocycles. The first kappa shape index (κ1) is 20.1. The highest BCUT2D eigenvalue weighted by atomic mass is 16.2. The first-order chi connectivity index (χ1) is 14.1. The SMILES string of the molecule is Cc1ccc(C(=O)N/C(=C/c2ccccc2)C(=O)NCCc2ccccc2)cc1. The third-order valence-electron chi connectivity index (χ3n) is 4.46. The van der Waals surface area contributed by atoms with Crippen molar-refractivity contribution in [3.05, 3.63) is 113 Å². The average molecular weight is 384 g/mol. The standard InChI is InChI=1S/C25H24N2O2/c1-19-12-14-22(15-13-19)24(28)27-23(18-21-10-6-3-7-11-21)25(29)26-17-16-20-8-4-2-5-9-20/h2-15,18H,16-17H2,1H3,(H,26,29)(H,27,28)/b23-18+. The number of carbonyl (C=O) groups excluding carboxylic acids is 2. The van der Waals surface area contributed by atoms with Crippen molar-refractivity contribution in [2.75, 3.05) is 6.54 Å². The lowest BCUT2D eigenvalue weighted by atomic mass is 10.1. The van der Waals surface area contributed by atoms with Crippen LogP contribution in [0.15, 0.2) is 90.6 Å². The molecule has 0 aromatic heterocycles. The molecule has 0 radical (unpaired) electrons. The summed E-state index contributed by atoms with van der Waals surface area (Å²) in [4.78, 5) is 25.4. The van der Waals surface area contributed by atoms with Crippen LogP contribution in [0.2, 0.25) is 0 Å². The van der Waals surface area contributed by atoms with Gasteiger partial charge in [0.1, 0.15) is 5.70 Å². The number of amides is 2. The molecule has 4 nitrogen and oxygen atoms in total. The number of aryl methyl sites for hydroxylation is 1. The Bertz CT molecular complexity index is 978. The maximum Gasteiger partial charge on any atom is 0.267 e. The number of hydrogen-bond donors (Lipinski definition) is 2. The lowest BCUT2D eigenvalue weighted by Gasteiger charge is -2.11. The molecule has 2 N–H and O–H groups in total. The Morgan fingerprint density at radius 3 is 2.10 bits per heavy atom. The van der Waals surface area contributed by atoms with Crippen LogP contribution in [0, 0.1) is 6.92 Å². The summed E-state index contributed by atoms with van der Waals surface area (Å²) in [6.07, 6.45) is 2.40. The van der Waals surface area contributed by atoms with Crippen molar-refractivity contribution >= 4 is 17.9 Å². The summed E-state index contributed by atoms with van der Waals surface area (Å²) >= 11 is 0. The minimum Gasteiger partial charge on any atom is -0.350 e. The molecule has 2 amide bonds. The van der Waals surface area contributed by atoms with Gasteiger partial charge in [0.2, 0.25) is 0 Å². The van der Waals surface area contributed by atoms with Crippen LogP contribution in [0.25, 0.3) is 6.08 Å². The second-order valence-corrected chi connectivity index (χ2v) is 6.78. The summed E-state index contributed by atoms with van der Waals surface area (Å²) in [5, 5.41) is 5.66. The third kappa shape index (κ3) is 6.18. The highest BCUT2D eigenvalue weighted by Crippen LogP contribution is 2.08. The second-order valence-electron chi connectivity index (χ2n) is 6.78. The van der Waals surface area contributed by atoms with E-state index in [1.807, 2.05) is 79.7 Å². The van der Waals surface area contributed by atoms with Crippen LogP contribution >= 0.6 is 0 Å². The molecular weight excluding hydrogens is 360 g/mol. The molecule has 0 aliphatic rings. The maximum atomic E-state index is 12.8. The lowest BCUT2D eigenvalue weighted by molar-refractivity contribution is -0.117. The summed E-state index contributed by atoms with van der Waals surface area (Å²) in [6.45, 7) is 2.44. The van der Waals surface area contributed by atoms with E-state index in [1.165, 1.54) is 0 Å². The van der Waals surface area contributed by atoms with Crippen molar-refractivity contribution in [1.82, 2.24) is 10.6 Å². The van der Waals surface area contributed by atoms with Gasteiger partial charge in [-0.25, -0.2) is 0 Å². The van der Waals surface area contributed by atoms with Gasteiger partial charge in [0.15, 0.2) is 0 Å². The summed E-state index contributed by atoms with van der Waals surface area (Å²) in [6, 6.07) is 26.6. The molecule has 0 saturated heterocycles. The van der Waals surface area contributed by atoms with E-state index >= 15 is 0 Å². The average Bonchev–Trinajstić information content (AvgIpc) is 2.75. The molecule has 0 fully saturated rings. The largest absolute Gasteiger partial charge is 0.350 e. The molecule has 3 aromatic rings. The van der Waals surface area contributed by atoms with Crippen LogP contribution in [0.4, 0.5) is 0 Å². The molecule has 3 rings (SSSR count). The molecule has 0 spiro atoms. The van der Waals surface area contributed by atoms with Crippen molar-refractivity contribution < 1.29 is 9.59 Å². The van der Waals surface area contributed by atoms with Crippen LogP contribution in [0.1, 0.15) is 27.0 Å². The summed E-state index contributed by atoms with van der Waals surface area (Å²) in [5.41, 5.74) is 3.77. The van der Waals surface area contributed by atoms with Gasteiger partial charge in [0, 0.05) is 12.1 Å². The predicted octanol–water partition coefficient (Wildman–Crippen LogP) is 4.12. The minimum absolute atomic E-state index is 0.217. The number of benzene rings is 3. The Morgan fingerprint density at radius 1 is 0.828 bits per heavy atom. The van der Waals surface area contributed by atoms with Crippen LogP contribution in [0.5, 0.6) is 0 Å². The van der Waals surface area contributed by atoms with Gasteiger partial charge in [0.25, 0.3) is 11.8 Å². The van der Waals surface area contributed by atoms with Crippen molar-refractivity contribution in [2.24, 2.45) is 0 Å². The lowest BCUT2D eigenvalue weighted by Crippen LogP contribution is -2.35. The number of rotatable bonds is 7. The Labute approximate surface area is 171 Å². The van der Waals surface area contributed by atoms with Crippen molar-refractivity contribution in [3.63, 3.8) is 0 Å². The molecule has 0 unspecified atom stereocenters. The van der Waals surface area contributed by atoms with E-state index in [0.717, 1.165) is 23.1 Å². The minimum atomic E-state index is -0.315. The van der Waals surface area contributed by atoms with Crippen molar-refractivity contribution in [2.45, 2.75) is 13.3 Å². The molecule has 3 aromatic carbocycles. The number of hydrogen-bond acceptors (Lipinski definition) is 2. The third-order valence-corrected chi connectivity index (χ3v) is 4.46. The zero-order valence-corrected chi connectivity index (χ0v) is 16.4. The monoisotopic (exact) mass is 384 g/mol. The second kappa shape index (κ2) is 10.0. The fourth-order valence-electron chi connectivity index (χ4n) is 2.83. The van der Waals surface area contributed by atoms with Gasteiger partial charge in [0.05, 0.1) is 0 Å². The fourth-order valence-corrected chi connectivity index (χ4v) is 2.83. The highest BCUT2D eigenvalue weighted by molar-refractivity contribution is 6.05. The van der Waals surface area contributed by atoms with Gasteiger partial charge < -0.3 is 10.6 Å². The van der Waals surface area contributed by atoms with Crippen LogP contribution in [-0.2, 0) is 11.2 Å². The van der Waals surface area contributed by atoms with Gasteiger partial charge in [-0.1, -0.05) is 78.4 Å². The Balaban J connectivity index is 1.72. The zero-order chi connectivity index (χ0) is 20.5. The van der Waals surface area contributed by atoms with Crippen molar-refractivity contribution in [3.8, 4) is 0 Å². The first-order valence-corrected chi connectivity index (χ1v) is 9.59. The van der Waals surface area contributed by atoms with E-state index < -0.39 is 0 Å². The fraction of sp³-hybridized carbons (Fsp3) is 0.120. The maximum absolute atomic E-state index is 12.8. The van der Waals surface area contributed by atoms with Gasteiger partial charge in [-0.2, -0.15) is 0 Å². The first-order valence-electron chi connectivity index (χ1n) is 9.59. The van der Waals surface area contributed by atoms with Crippen LogP contribution in [0.3, 0.4) is 0 Å². The summed E-state index contributed by atoms with van der Waals surface area (Å²) in [7, 11) is 0. The van der Waals surface area contributed by atoms with Gasteiger partial charge in [-0.3, -0.25) is 9.59 Å². The smallest absolute Gasteiger partial charge is 0.267 e. The molecular formula is C25H24N2O2. The Kier molecular flexibility index (Phi) is 6.95. The molecule has 29 heavy (non-hydrogen) atoms. The van der Waals surface area contributed by atoms with Crippen molar-refractivity contribution in [1.29, 1.82) is 0 Å². The summed E-state index contributed by atoms with van der Waals surface area (Å²) < 4.78 is 0. The molecule has 0 bridgehead atoms. The van der Waals surface area contributed by atoms with E-state index in [2.05, 4.69) is 10.6 Å². The van der Waals surface area contributed by atoms with E-state index in [0.29, 0.717) is 12.1 Å². The predicted molar refractivity (Wildman–Crippen MR) is 116 cm³/mol. The van der Waals surface area contributed by atoms with Crippen LogP contribution < -0.4 is 10.6 Å². The van der Waals surface area contributed by atoms with Crippen LogP contribution in [-0.4, -0.2) is 18.4 Å². The topological polar surface area (TPSA) is 58.2 Å². The van der Waals surface area contributed by atoms with Gasteiger partial charge >= 0.3 is 0 Å². The highest BCUT2D eigenvalue weighted by Gasteiger charge is 2.14. The molecule has 0 atom stereocenters. The number of nitrogens with one attached hydrogen (secondary N) is 2. The molecule has 4 heteroatoms. The summed E-state index contributed by atoms with van der Waals surface area (Å²) in [5.74, 6) is -0.629. The van der Waals surface area contributed by atoms with E-state index in [9.17, 15) is 9.59 Å². The molecule has 0 saturated carbocycles. The van der Waals surface area contributed by atoms with E-state index in [-0.39, 0.29) is 17.5 Å². The quantitative estimate of drug-likeness (QED) is 0.602. The molecule has 0 heterocycles. The Morgan fingerprint density at radius 2 is 1.45 bits per heavy atom. The Hall–Kier alpha value is -3.66. The van der Waals surface area contributed by atoms with E-state index in [1.54, 1.807) is 18.2 Å². The normalized spacial score (nSPS) is 11.0.